The maximum absolute atomic E-state index is 12.8. The Morgan fingerprint density at radius 1 is 1.35 bits per heavy atom. The number of amides is 1. The molecule has 0 saturated carbocycles. The first-order valence-electron chi connectivity index (χ1n) is 9.18. The first-order chi connectivity index (χ1) is 12.6. The molecule has 0 unspecified atom stereocenters. The van der Waals surface area contributed by atoms with Crippen molar-refractivity contribution in [1.29, 1.82) is 0 Å². The number of fused-ring (bicyclic) bond motifs is 1. The van der Waals surface area contributed by atoms with Gasteiger partial charge in [0.1, 0.15) is 11.9 Å². The zero-order chi connectivity index (χ0) is 18.1. The highest BCUT2D eigenvalue weighted by Gasteiger charge is 2.34. The van der Waals surface area contributed by atoms with Gasteiger partial charge >= 0.3 is 0 Å². The van der Waals surface area contributed by atoms with Crippen LogP contribution in [0.3, 0.4) is 0 Å². The molecule has 4 rings (SSSR count). The number of rotatable bonds is 5. The summed E-state index contributed by atoms with van der Waals surface area (Å²) in [6, 6.07) is 7.79. The molecule has 0 radical (unpaired) electrons. The predicted octanol–water partition coefficient (Wildman–Crippen LogP) is 3.37. The highest BCUT2D eigenvalue weighted by Crippen LogP contribution is 2.32. The molecule has 0 spiro atoms. The van der Waals surface area contributed by atoms with E-state index >= 15 is 0 Å². The summed E-state index contributed by atoms with van der Waals surface area (Å²) < 4.78 is 5.42. The summed E-state index contributed by atoms with van der Waals surface area (Å²) in [6.45, 7) is 4.79. The van der Waals surface area contributed by atoms with E-state index in [0.717, 1.165) is 36.2 Å². The fourth-order valence-electron chi connectivity index (χ4n) is 3.43. The van der Waals surface area contributed by atoms with Crippen molar-refractivity contribution < 1.29 is 9.32 Å². The predicted molar refractivity (Wildman–Crippen MR) is 96.5 cm³/mol. The first-order valence-corrected chi connectivity index (χ1v) is 9.18. The van der Waals surface area contributed by atoms with Crippen molar-refractivity contribution in [3.8, 4) is 0 Å². The van der Waals surface area contributed by atoms with Crippen LogP contribution in [0, 0.1) is 0 Å². The molecule has 1 saturated heterocycles. The lowest BCUT2D eigenvalue weighted by molar-refractivity contribution is -0.132. The summed E-state index contributed by atoms with van der Waals surface area (Å²) in [5, 5.41) is 4.03. The number of imidazole rings is 1. The van der Waals surface area contributed by atoms with Crippen LogP contribution >= 0.6 is 0 Å². The topological polar surface area (TPSA) is 87.9 Å². The van der Waals surface area contributed by atoms with Crippen LogP contribution in [-0.4, -0.2) is 37.5 Å². The molecule has 1 N–H and O–H groups in total. The summed E-state index contributed by atoms with van der Waals surface area (Å²) in [5.41, 5.74) is 1.93. The van der Waals surface area contributed by atoms with Crippen molar-refractivity contribution in [3.63, 3.8) is 0 Å². The van der Waals surface area contributed by atoms with Gasteiger partial charge in [-0.15, -0.1) is 0 Å². The standard InChI is InChI=1S/C19H23N5O2/c1-12(2)18-22-19(26-23-18)15-8-5-11-24(15)17(25)10-9-16-20-13-6-3-4-7-14(13)21-16/h3-4,6-7,12,15H,5,8-11H2,1-2H3,(H,20,21)/t15-/m1/s1. The zero-order valence-electron chi connectivity index (χ0n) is 15.1. The lowest BCUT2D eigenvalue weighted by Crippen LogP contribution is -2.31. The van der Waals surface area contributed by atoms with Crippen LogP contribution in [0.4, 0.5) is 0 Å². The number of carbonyl (C=O) groups excluding carboxylic acids is 1. The molecule has 2 aromatic heterocycles. The van der Waals surface area contributed by atoms with E-state index in [1.165, 1.54) is 0 Å². The molecule has 1 aliphatic heterocycles. The Hall–Kier alpha value is -2.70. The van der Waals surface area contributed by atoms with E-state index in [4.69, 9.17) is 4.52 Å². The maximum Gasteiger partial charge on any atom is 0.249 e. The normalized spacial score (nSPS) is 17.5. The molecule has 1 aliphatic rings. The van der Waals surface area contributed by atoms with E-state index in [0.29, 0.717) is 24.6 Å². The van der Waals surface area contributed by atoms with Crippen LogP contribution in [0.5, 0.6) is 0 Å². The summed E-state index contributed by atoms with van der Waals surface area (Å²) in [6.07, 6.45) is 2.84. The number of nitrogens with one attached hydrogen (secondary N) is 1. The summed E-state index contributed by atoms with van der Waals surface area (Å²) in [5.74, 6) is 2.42. The number of H-pyrrole nitrogens is 1. The number of benzene rings is 1. The quantitative estimate of drug-likeness (QED) is 0.760. The number of aryl methyl sites for hydroxylation is 1. The highest BCUT2D eigenvalue weighted by atomic mass is 16.5. The molecule has 3 aromatic rings. The van der Waals surface area contributed by atoms with Gasteiger partial charge in [0.05, 0.1) is 11.0 Å². The molecule has 3 heterocycles. The van der Waals surface area contributed by atoms with Gasteiger partial charge in [-0.25, -0.2) is 4.98 Å². The number of aromatic amines is 1. The Bertz CT molecular complexity index is 880. The van der Waals surface area contributed by atoms with Gasteiger partial charge in [-0.05, 0) is 25.0 Å². The van der Waals surface area contributed by atoms with Crippen LogP contribution in [0.2, 0.25) is 0 Å². The van der Waals surface area contributed by atoms with E-state index in [9.17, 15) is 4.79 Å². The van der Waals surface area contributed by atoms with Gasteiger partial charge in [0.25, 0.3) is 0 Å². The zero-order valence-corrected chi connectivity index (χ0v) is 15.1. The number of hydrogen-bond acceptors (Lipinski definition) is 5. The summed E-state index contributed by atoms with van der Waals surface area (Å²) >= 11 is 0. The van der Waals surface area contributed by atoms with Gasteiger partial charge in [-0.2, -0.15) is 4.98 Å². The molecule has 1 amide bonds. The molecule has 7 heteroatoms. The smallest absolute Gasteiger partial charge is 0.249 e. The summed E-state index contributed by atoms with van der Waals surface area (Å²) in [7, 11) is 0. The average molecular weight is 353 g/mol. The van der Waals surface area contributed by atoms with E-state index in [1.807, 2.05) is 43.0 Å². The van der Waals surface area contributed by atoms with Crippen molar-refractivity contribution in [1.82, 2.24) is 25.0 Å². The molecular weight excluding hydrogens is 330 g/mol. The van der Waals surface area contributed by atoms with Crippen LogP contribution in [-0.2, 0) is 11.2 Å². The molecule has 1 aromatic carbocycles. The van der Waals surface area contributed by atoms with Crippen LogP contribution in [0.1, 0.15) is 62.6 Å². The van der Waals surface area contributed by atoms with E-state index in [1.54, 1.807) is 0 Å². The minimum Gasteiger partial charge on any atom is -0.342 e. The van der Waals surface area contributed by atoms with Crippen molar-refractivity contribution in [3.05, 3.63) is 41.8 Å². The largest absolute Gasteiger partial charge is 0.342 e. The average Bonchev–Trinajstić information content (AvgIpc) is 3.37. The number of para-hydroxylation sites is 2. The lowest BCUT2D eigenvalue weighted by atomic mass is 10.2. The van der Waals surface area contributed by atoms with Gasteiger partial charge in [-0.1, -0.05) is 31.1 Å². The van der Waals surface area contributed by atoms with E-state index < -0.39 is 0 Å². The molecule has 1 fully saturated rings. The fraction of sp³-hybridized carbons (Fsp3) is 0.474. The molecular formula is C19H23N5O2. The SMILES string of the molecule is CC(C)c1noc([C@H]2CCCN2C(=O)CCc2nc3ccccc3[nH]2)n1. The van der Waals surface area contributed by atoms with E-state index in [-0.39, 0.29) is 17.9 Å². The molecule has 1 atom stereocenters. The third-order valence-electron chi connectivity index (χ3n) is 4.85. The maximum atomic E-state index is 12.8. The molecule has 7 nitrogen and oxygen atoms in total. The third-order valence-corrected chi connectivity index (χ3v) is 4.85. The van der Waals surface area contributed by atoms with E-state index in [2.05, 4.69) is 20.1 Å². The number of likely N-dealkylation sites (tertiary alicyclic amines) is 1. The first kappa shape index (κ1) is 16.8. The van der Waals surface area contributed by atoms with Gasteiger partial charge < -0.3 is 14.4 Å². The van der Waals surface area contributed by atoms with Crippen molar-refractivity contribution in [2.24, 2.45) is 0 Å². The minimum atomic E-state index is -0.0989. The Morgan fingerprint density at radius 3 is 2.96 bits per heavy atom. The van der Waals surface area contributed by atoms with Crippen molar-refractivity contribution >= 4 is 16.9 Å². The number of carbonyl (C=O) groups is 1. The monoisotopic (exact) mass is 353 g/mol. The Morgan fingerprint density at radius 2 is 2.19 bits per heavy atom. The Labute approximate surface area is 151 Å². The molecule has 136 valence electrons. The minimum absolute atomic E-state index is 0.0989. The van der Waals surface area contributed by atoms with Gasteiger partial charge in [0, 0.05) is 25.3 Å². The van der Waals surface area contributed by atoms with Gasteiger partial charge in [-0.3, -0.25) is 4.79 Å². The third kappa shape index (κ3) is 3.21. The van der Waals surface area contributed by atoms with Crippen molar-refractivity contribution in [2.45, 2.75) is 51.5 Å². The highest BCUT2D eigenvalue weighted by molar-refractivity contribution is 5.78. The fourth-order valence-corrected chi connectivity index (χ4v) is 3.43. The second-order valence-electron chi connectivity index (χ2n) is 7.09. The molecule has 0 bridgehead atoms. The van der Waals surface area contributed by atoms with Crippen molar-refractivity contribution in [2.75, 3.05) is 6.54 Å². The van der Waals surface area contributed by atoms with Gasteiger partial charge in [0.15, 0.2) is 5.82 Å². The Balaban J connectivity index is 1.42. The number of aromatic nitrogens is 4. The lowest BCUT2D eigenvalue weighted by Gasteiger charge is -2.21. The van der Waals surface area contributed by atoms with Crippen LogP contribution < -0.4 is 0 Å². The molecule has 0 aliphatic carbocycles. The summed E-state index contributed by atoms with van der Waals surface area (Å²) in [4.78, 5) is 26.9. The van der Waals surface area contributed by atoms with Gasteiger partial charge in [0.2, 0.25) is 11.8 Å². The second kappa shape index (κ2) is 6.90. The second-order valence-corrected chi connectivity index (χ2v) is 7.09. The molecule has 26 heavy (non-hydrogen) atoms. The van der Waals surface area contributed by atoms with Crippen LogP contribution in [0.15, 0.2) is 28.8 Å². The number of hydrogen-bond donors (Lipinski definition) is 1. The van der Waals surface area contributed by atoms with Crippen LogP contribution in [0.25, 0.3) is 11.0 Å². The number of nitrogens with zero attached hydrogens (tertiary/aromatic N) is 4. The Kier molecular flexibility index (Phi) is 4.44.